The van der Waals surface area contributed by atoms with Gasteiger partial charge in [-0.25, -0.2) is 0 Å². The van der Waals surface area contributed by atoms with Crippen molar-refractivity contribution in [3.05, 3.63) is 35.4 Å². The predicted octanol–water partition coefficient (Wildman–Crippen LogP) is 2.36. The highest BCUT2D eigenvalue weighted by Crippen LogP contribution is 2.25. The molecule has 0 spiro atoms. The van der Waals surface area contributed by atoms with Crippen molar-refractivity contribution in [2.24, 2.45) is 0 Å². The smallest absolute Gasteiger partial charge is 0.150 e. The Labute approximate surface area is 76.6 Å². The molecular weight excluding hydrogens is 176 g/mol. The molecule has 3 heteroatoms. The lowest BCUT2D eigenvalue weighted by Crippen LogP contribution is -1.89. The van der Waals surface area contributed by atoms with Crippen molar-refractivity contribution in [2.75, 3.05) is 0 Å². The van der Waals surface area contributed by atoms with Gasteiger partial charge in [0, 0.05) is 5.56 Å². The van der Waals surface area contributed by atoms with Gasteiger partial charge >= 0.3 is 0 Å². The summed E-state index contributed by atoms with van der Waals surface area (Å²) in [5.74, 6) is 0. The second kappa shape index (κ2) is 3.83. The maximum Gasteiger partial charge on any atom is 0.150 e. The fourth-order valence-corrected chi connectivity index (χ4v) is 1.32. The zero-order chi connectivity index (χ0) is 8.27. The highest BCUT2D eigenvalue weighted by atomic mass is 32.2. The van der Waals surface area contributed by atoms with Crippen LogP contribution in [-0.4, -0.2) is 6.29 Å². The lowest BCUT2D eigenvalue weighted by atomic mass is 10.1. The van der Waals surface area contributed by atoms with Crippen LogP contribution < -0.4 is 0 Å². The van der Waals surface area contributed by atoms with E-state index in [0.29, 0.717) is 5.56 Å². The van der Waals surface area contributed by atoms with Gasteiger partial charge < -0.3 is 0 Å². The molecule has 0 unspecified atom stereocenters. The molecule has 0 aliphatic rings. The largest absolute Gasteiger partial charge is 0.298 e. The standard InChI is InChI=1S/C8H8OS2/c9-5-6-3-1-2-4-7(6)8(10)11/h1-5,8,10-11H. The van der Waals surface area contributed by atoms with Crippen LogP contribution in [-0.2, 0) is 0 Å². The molecular formula is C8H8OS2. The Bertz CT molecular complexity index is 258. The number of rotatable bonds is 2. The van der Waals surface area contributed by atoms with E-state index >= 15 is 0 Å². The van der Waals surface area contributed by atoms with Crippen molar-refractivity contribution in [1.82, 2.24) is 0 Å². The highest BCUT2D eigenvalue weighted by molar-refractivity contribution is 7.98. The third kappa shape index (κ3) is 2.01. The Morgan fingerprint density at radius 3 is 2.36 bits per heavy atom. The van der Waals surface area contributed by atoms with E-state index in [4.69, 9.17) is 0 Å². The van der Waals surface area contributed by atoms with Crippen molar-refractivity contribution in [3.8, 4) is 0 Å². The SMILES string of the molecule is O=Cc1ccccc1C(S)S. The van der Waals surface area contributed by atoms with E-state index in [1.807, 2.05) is 18.2 Å². The molecule has 0 radical (unpaired) electrons. The third-order valence-corrected chi connectivity index (χ3v) is 1.96. The van der Waals surface area contributed by atoms with Gasteiger partial charge in [-0.3, -0.25) is 4.79 Å². The van der Waals surface area contributed by atoms with Crippen LogP contribution in [0.25, 0.3) is 0 Å². The average Bonchev–Trinajstić information content (AvgIpc) is 2.04. The van der Waals surface area contributed by atoms with Crippen LogP contribution in [0.15, 0.2) is 24.3 Å². The molecule has 1 nitrogen and oxygen atoms in total. The molecule has 1 aromatic rings. The minimum atomic E-state index is -0.184. The van der Waals surface area contributed by atoms with Gasteiger partial charge in [0.15, 0.2) is 0 Å². The number of benzene rings is 1. The Kier molecular flexibility index (Phi) is 3.02. The van der Waals surface area contributed by atoms with Gasteiger partial charge in [-0.1, -0.05) is 24.3 Å². The highest BCUT2D eigenvalue weighted by Gasteiger charge is 2.04. The molecule has 0 aliphatic carbocycles. The topological polar surface area (TPSA) is 17.1 Å². The minimum Gasteiger partial charge on any atom is -0.298 e. The van der Waals surface area contributed by atoms with Crippen LogP contribution in [0, 0.1) is 0 Å². The zero-order valence-corrected chi connectivity index (χ0v) is 7.56. The Morgan fingerprint density at radius 2 is 1.91 bits per heavy atom. The fourth-order valence-electron chi connectivity index (χ4n) is 0.853. The molecule has 0 amide bonds. The summed E-state index contributed by atoms with van der Waals surface area (Å²) in [6, 6.07) is 7.27. The lowest BCUT2D eigenvalue weighted by Gasteiger charge is -2.05. The van der Waals surface area contributed by atoms with E-state index < -0.39 is 0 Å². The van der Waals surface area contributed by atoms with Crippen molar-refractivity contribution in [1.29, 1.82) is 0 Å². The first-order chi connectivity index (χ1) is 5.25. The van der Waals surface area contributed by atoms with E-state index in [9.17, 15) is 4.79 Å². The molecule has 0 fully saturated rings. The second-order valence-corrected chi connectivity index (χ2v) is 3.56. The van der Waals surface area contributed by atoms with Gasteiger partial charge in [0.05, 0.1) is 4.58 Å². The minimum absolute atomic E-state index is 0.184. The first-order valence-corrected chi connectivity index (χ1v) is 4.19. The summed E-state index contributed by atoms with van der Waals surface area (Å²) >= 11 is 8.23. The van der Waals surface area contributed by atoms with E-state index in [1.54, 1.807) is 6.07 Å². The maximum atomic E-state index is 10.5. The molecule has 0 heterocycles. The summed E-state index contributed by atoms with van der Waals surface area (Å²) in [5, 5.41) is 0. The van der Waals surface area contributed by atoms with Crippen LogP contribution in [0.2, 0.25) is 0 Å². The number of carbonyl (C=O) groups is 1. The van der Waals surface area contributed by atoms with E-state index in [1.165, 1.54) is 0 Å². The molecule has 0 atom stereocenters. The maximum absolute atomic E-state index is 10.5. The predicted molar refractivity (Wildman–Crippen MR) is 52.5 cm³/mol. The summed E-state index contributed by atoms with van der Waals surface area (Å²) in [7, 11) is 0. The van der Waals surface area contributed by atoms with Gasteiger partial charge in [-0.2, -0.15) is 25.3 Å². The van der Waals surface area contributed by atoms with Gasteiger partial charge in [-0.05, 0) is 5.56 Å². The number of aldehydes is 1. The van der Waals surface area contributed by atoms with Gasteiger partial charge in [0.1, 0.15) is 6.29 Å². The average molecular weight is 184 g/mol. The Balaban J connectivity index is 3.12. The van der Waals surface area contributed by atoms with Gasteiger partial charge in [0.2, 0.25) is 0 Å². The summed E-state index contributed by atoms with van der Waals surface area (Å²) in [6.07, 6.45) is 0.814. The number of hydrogen-bond donors (Lipinski definition) is 2. The quantitative estimate of drug-likeness (QED) is 0.410. The second-order valence-electron chi connectivity index (χ2n) is 2.12. The van der Waals surface area contributed by atoms with Crippen LogP contribution >= 0.6 is 25.3 Å². The summed E-state index contributed by atoms with van der Waals surface area (Å²) in [4.78, 5) is 10.5. The van der Waals surface area contributed by atoms with Crippen molar-refractivity contribution in [3.63, 3.8) is 0 Å². The summed E-state index contributed by atoms with van der Waals surface area (Å²) < 4.78 is -0.184. The van der Waals surface area contributed by atoms with Gasteiger partial charge in [0.25, 0.3) is 0 Å². The Morgan fingerprint density at radius 1 is 1.27 bits per heavy atom. The van der Waals surface area contributed by atoms with Crippen molar-refractivity contribution in [2.45, 2.75) is 4.58 Å². The molecule has 1 rings (SSSR count). The van der Waals surface area contributed by atoms with Crippen LogP contribution in [0.5, 0.6) is 0 Å². The molecule has 0 aromatic heterocycles. The van der Waals surface area contributed by atoms with Gasteiger partial charge in [-0.15, -0.1) is 0 Å². The van der Waals surface area contributed by atoms with Crippen molar-refractivity contribution < 1.29 is 4.79 Å². The monoisotopic (exact) mass is 184 g/mol. The molecule has 11 heavy (non-hydrogen) atoms. The van der Waals surface area contributed by atoms with Crippen molar-refractivity contribution >= 4 is 31.5 Å². The third-order valence-electron chi connectivity index (χ3n) is 1.40. The zero-order valence-electron chi connectivity index (χ0n) is 5.77. The van der Waals surface area contributed by atoms with E-state index in [2.05, 4.69) is 25.3 Å². The number of thiol groups is 2. The molecule has 0 N–H and O–H groups in total. The van der Waals surface area contributed by atoms with Crippen LogP contribution in [0.4, 0.5) is 0 Å². The first kappa shape index (κ1) is 8.68. The summed E-state index contributed by atoms with van der Waals surface area (Å²) in [5.41, 5.74) is 1.51. The lowest BCUT2D eigenvalue weighted by molar-refractivity contribution is 0.112. The molecule has 1 aromatic carbocycles. The summed E-state index contributed by atoms with van der Waals surface area (Å²) in [6.45, 7) is 0. The van der Waals surface area contributed by atoms with Crippen LogP contribution in [0.3, 0.4) is 0 Å². The van der Waals surface area contributed by atoms with E-state index in [-0.39, 0.29) is 4.58 Å². The Hall–Kier alpha value is -0.410. The number of carbonyl (C=O) groups excluding carboxylic acids is 1. The normalized spacial score (nSPS) is 10.1. The number of hydrogen-bond acceptors (Lipinski definition) is 3. The first-order valence-electron chi connectivity index (χ1n) is 3.16. The fraction of sp³-hybridized carbons (Fsp3) is 0.125. The molecule has 58 valence electrons. The molecule has 0 saturated carbocycles. The van der Waals surface area contributed by atoms with E-state index in [0.717, 1.165) is 11.8 Å². The van der Waals surface area contributed by atoms with Crippen LogP contribution in [0.1, 0.15) is 20.5 Å². The molecule has 0 saturated heterocycles. The molecule has 0 aliphatic heterocycles. The molecule has 0 bridgehead atoms.